The summed E-state index contributed by atoms with van der Waals surface area (Å²) in [7, 11) is -0.220. The normalized spacial score (nSPS) is 16.1. The third-order valence-electron chi connectivity index (χ3n) is 5.84. The predicted molar refractivity (Wildman–Crippen MR) is 121 cm³/mol. The molecule has 0 N–H and O–H groups in total. The Morgan fingerprint density at radius 1 is 1.00 bits per heavy atom. The number of hydrogen-bond acceptors (Lipinski definition) is 6. The summed E-state index contributed by atoms with van der Waals surface area (Å²) in [5.74, 6) is 0. The zero-order chi connectivity index (χ0) is 23.0. The highest BCUT2D eigenvalue weighted by Gasteiger charge is 2.28. The van der Waals surface area contributed by atoms with Gasteiger partial charge in [0.2, 0.25) is 10.0 Å². The van der Waals surface area contributed by atoms with Crippen LogP contribution in [0.25, 0.3) is 11.2 Å². The number of nitrogens with zero attached hydrogens (tertiary/aromatic N) is 6. The molecule has 1 aliphatic heterocycles. The number of imidazole rings is 1. The second-order valence-corrected chi connectivity index (χ2v) is 10.3. The van der Waals surface area contributed by atoms with Crippen LogP contribution in [0.15, 0.2) is 45.1 Å². The smallest absolute Gasteiger partial charge is 0.328 e. The summed E-state index contributed by atoms with van der Waals surface area (Å²) in [4.78, 5) is 31.9. The molecule has 0 bridgehead atoms. The van der Waals surface area contributed by atoms with Crippen LogP contribution in [0.5, 0.6) is 0 Å². The van der Waals surface area contributed by atoms with Crippen LogP contribution < -0.4 is 11.2 Å². The van der Waals surface area contributed by atoms with Crippen molar-refractivity contribution in [1.82, 2.24) is 27.9 Å². The lowest BCUT2D eigenvalue weighted by Gasteiger charge is -2.34. The van der Waals surface area contributed by atoms with Crippen molar-refractivity contribution in [3.63, 3.8) is 0 Å². The van der Waals surface area contributed by atoms with Crippen molar-refractivity contribution >= 4 is 32.8 Å². The average Bonchev–Trinajstić information content (AvgIpc) is 3.17. The number of sulfonamides is 1. The van der Waals surface area contributed by atoms with E-state index in [4.69, 9.17) is 11.6 Å². The fourth-order valence-corrected chi connectivity index (χ4v) is 5.54. The predicted octanol–water partition coefficient (Wildman–Crippen LogP) is 0.484. The summed E-state index contributed by atoms with van der Waals surface area (Å²) < 4.78 is 31.3. The van der Waals surface area contributed by atoms with Crippen molar-refractivity contribution in [2.45, 2.75) is 17.9 Å². The van der Waals surface area contributed by atoms with E-state index in [-0.39, 0.29) is 22.7 Å². The number of aromatic nitrogens is 4. The molecular formula is C20H25ClN6O4S. The molecule has 0 aliphatic carbocycles. The summed E-state index contributed by atoms with van der Waals surface area (Å²) in [6, 6.07) is 6.17. The lowest BCUT2D eigenvalue weighted by molar-refractivity contribution is 0.184. The number of piperazine rings is 1. The molecule has 172 valence electrons. The summed E-state index contributed by atoms with van der Waals surface area (Å²) >= 11 is 5.86. The molecule has 1 fully saturated rings. The standard InChI is InChI=1S/C20H25ClN6O4S/c1-23-14-22-18-17(23)19(28)27(20(29)24(18)2)9-3-8-25-10-12-26(13-11-25)32(30,31)16-6-4-15(21)5-7-16/h4-7,14H,3,8-13H2,1-2H3. The van der Waals surface area contributed by atoms with Crippen LogP contribution >= 0.6 is 11.6 Å². The number of hydrogen-bond donors (Lipinski definition) is 0. The molecule has 0 saturated carbocycles. The summed E-state index contributed by atoms with van der Waals surface area (Å²) in [5.41, 5.74) is 0.0342. The van der Waals surface area contributed by atoms with Crippen LogP contribution in [-0.2, 0) is 30.7 Å². The largest absolute Gasteiger partial charge is 0.332 e. The fraction of sp³-hybridized carbons (Fsp3) is 0.450. The van der Waals surface area contributed by atoms with Gasteiger partial charge in [0.1, 0.15) is 0 Å². The Labute approximate surface area is 190 Å². The zero-order valence-corrected chi connectivity index (χ0v) is 19.5. The van der Waals surface area contributed by atoms with Gasteiger partial charge in [0, 0.05) is 51.8 Å². The van der Waals surface area contributed by atoms with E-state index < -0.39 is 10.0 Å². The minimum Gasteiger partial charge on any atom is -0.328 e. The second-order valence-electron chi connectivity index (χ2n) is 7.88. The van der Waals surface area contributed by atoms with E-state index in [2.05, 4.69) is 9.88 Å². The van der Waals surface area contributed by atoms with Gasteiger partial charge < -0.3 is 9.47 Å². The first-order chi connectivity index (χ1) is 15.2. The fourth-order valence-electron chi connectivity index (χ4n) is 3.99. The van der Waals surface area contributed by atoms with Crippen molar-refractivity contribution < 1.29 is 8.42 Å². The molecule has 32 heavy (non-hydrogen) atoms. The maximum atomic E-state index is 12.8. The van der Waals surface area contributed by atoms with Gasteiger partial charge in [-0.15, -0.1) is 0 Å². The molecule has 0 radical (unpaired) electrons. The third-order valence-corrected chi connectivity index (χ3v) is 8.00. The molecule has 0 amide bonds. The monoisotopic (exact) mass is 480 g/mol. The summed E-state index contributed by atoms with van der Waals surface area (Å²) in [5, 5.41) is 0.491. The maximum absolute atomic E-state index is 12.8. The molecule has 3 aromatic rings. The van der Waals surface area contributed by atoms with Gasteiger partial charge in [-0.2, -0.15) is 4.31 Å². The quantitative estimate of drug-likeness (QED) is 0.508. The summed E-state index contributed by atoms with van der Waals surface area (Å²) in [6.45, 7) is 2.88. The first-order valence-electron chi connectivity index (χ1n) is 10.3. The van der Waals surface area contributed by atoms with E-state index in [9.17, 15) is 18.0 Å². The van der Waals surface area contributed by atoms with Crippen molar-refractivity contribution in [1.29, 1.82) is 0 Å². The Hall–Kier alpha value is -2.47. The number of aryl methyl sites for hydroxylation is 2. The topological polar surface area (TPSA) is 102 Å². The lowest BCUT2D eigenvalue weighted by Crippen LogP contribution is -2.49. The Morgan fingerprint density at radius 3 is 2.31 bits per heavy atom. The molecule has 2 aromatic heterocycles. The molecule has 0 atom stereocenters. The summed E-state index contributed by atoms with van der Waals surface area (Å²) in [6.07, 6.45) is 2.12. The van der Waals surface area contributed by atoms with Crippen LogP contribution in [0, 0.1) is 0 Å². The second kappa shape index (κ2) is 8.81. The van der Waals surface area contributed by atoms with Gasteiger partial charge in [-0.1, -0.05) is 11.6 Å². The highest BCUT2D eigenvalue weighted by molar-refractivity contribution is 7.89. The average molecular weight is 481 g/mol. The molecular weight excluding hydrogens is 456 g/mol. The number of rotatable bonds is 6. The van der Waals surface area contributed by atoms with Crippen molar-refractivity contribution in [3.8, 4) is 0 Å². The van der Waals surface area contributed by atoms with E-state index in [1.165, 1.54) is 31.9 Å². The lowest BCUT2D eigenvalue weighted by atomic mass is 10.3. The molecule has 1 saturated heterocycles. The molecule has 12 heteroatoms. The first kappa shape index (κ1) is 22.7. The van der Waals surface area contributed by atoms with Crippen LogP contribution in [0.4, 0.5) is 0 Å². The Morgan fingerprint density at radius 2 is 1.66 bits per heavy atom. The highest BCUT2D eigenvalue weighted by atomic mass is 35.5. The van der Waals surface area contributed by atoms with Gasteiger partial charge in [0.25, 0.3) is 5.56 Å². The van der Waals surface area contributed by atoms with Gasteiger partial charge in [-0.3, -0.25) is 13.9 Å². The first-order valence-corrected chi connectivity index (χ1v) is 12.1. The minimum absolute atomic E-state index is 0.233. The third kappa shape index (κ3) is 4.13. The van der Waals surface area contributed by atoms with Crippen molar-refractivity contribution in [2.24, 2.45) is 14.1 Å². The van der Waals surface area contributed by atoms with Gasteiger partial charge in [0.05, 0.1) is 11.2 Å². The number of fused-ring (bicyclic) bond motifs is 1. The SMILES string of the molecule is Cn1cnc2c1c(=O)n(CCCN1CCN(S(=O)(=O)c3ccc(Cl)cc3)CC1)c(=O)n2C. The zero-order valence-electron chi connectivity index (χ0n) is 17.9. The molecule has 0 spiro atoms. The van der Waals surface area contributed by atoms with E-state index in [1.54, 1.807) is 30.8 Å². The number of benzene rings is 1. The van der Waals surface area contributed by atoms with Crippen LogP contribution in [-0.4, -0.2) is 69.0 Å². The Kier molecular flexibility index (Phi) is 6.26. The molecule has 1 aliphatic rings. The molecule has 4 rings (SSSR count). The van der Waals surface area contributed by atoms with Gasteiger partial charge in [-0.05, 0) is 37.2 Å². The Bertz CT molecular complexity index is 1350. The van der Waals surface area contributed by atoms with Gasteiger partial charge in [-0.25, -0.2) is 18.2 Å². The molecule has 3 heterocycles. The van der Waals surface area contributed by atoms with E-state index >= 15 is 0 Å². The van der Waals surface area contributed by atoms with Crippen LogP contribution in [0.1, 0.15) is 6.42 Å². The minimum atomic E-state index is -3.55. The molecule has 0 unspecified atom stereocenters. The van der Waals surface area contributed by atoms with Crippen molar-refractivity contribution in [3.05, 3.63) is 56.5 Å². The maximum Gasteiger partial charge on any atom is 0.332 e. The van der Waals surface area contributed by atoms with E-state index in [1.807, 2.05) is 0 Å². The van der Waals surface area contributed by atoms with E-state index in [0.29, 0.717) is 55.3 Å². The van der Waals surface area contributed by atoms with Gasteiger partial charge >= 0.3 is 5.69 Å². The van der Waals surface area contributed by atoms with Crippen LogP contribution in [0.2, 0.25) is 5.02 Å². The van der Waals surface area contributed by atoms with Crippen LogP contribution in [0.3, 0.4) is 0 Å². The highest BCUT2D eigenvalue weighted by Crippen LogP contribution is 2.20. The molecule has 1 aromatic carbocycles. The van der Waals surface area contributed by atoms with E-state index in [0.717, 1.165) is 0 Å². The Balaban J connectivity index is 1.37. The van der Waals surface area contributed by atoms with Gasteiger partial charge in [0.15, 0.2) is 11.2 Å². The molecule has 10 nitrogen and oxygen atoms in total. The number of halogens is 1. The van der Waals surface area contributed by atoms with Crippen molar-refractivity contribution in [2.75, 3.05) is 32.7 Å².